The van der Waals surface area contributed by atoms with Gasteiger partial charge in [-0.15, -0.1) is 0 Å². The van der Waals surface area contributed by atoms with Crippen molar-refractivity contribution < 1.29 is 63.8 Å². The molecule has 386 valence electrons. The molecule has 8 nitrogen and oxygen atoms in total. The van der Waals surface area contributed by atoms with Gasteiger partial charge in [0.05, 0.1) is 28.0 Å². The fourth-order valence-corrected chi connectivity index (χ4v) is 10.5. The summed E-state index contributed by atoms with van der Waals surface area (Å²) in [5.74, 6) is -17.8. The van der Waals surface area contributed by atoms with E-state index in [1.807, 2.05) is 20.8 Å². The van der Waals surface area contributed by atoms with Crippen LogP contribution in [0.4, 0.5) is 35.1 Å². The number of rotatable bonds is 14. The zero-order valence-electron chi connectivity index (χ0n) is 41.8. The van der Waals surface area contributed by atoms with Gasteiger partial charge >= 0.3 is 23.8 Å². The molecule has 2 aliphatic heterocycles. The van der Waals surface area contributed by atoms with Crippen molar-refractivity contribution in [3.8, 4) is 0 Å². The fourth-order valence-electron chi connectivity index (χ4n) is 10.5. The zero-order chi connectivity index (χ0) is 53.8. The number of carbonyl (C=O) groups is 4. The average Bonchev–Trinajstić information content (AvgIpc) is 3.52. The summed E-state index contributed by atoms with van der Waals surface area (Å²) < 4.78 is 142. The molecular formula is C57H56F8N2O6. The van der Waals surface area contributed by atoms with Crippen molar-refractivity contribution in [2.75, 3.05) is 0 Å². The van der Waals surface area contributed by atoms with Crippen LogP contribution in [0, 0.1) is 5.41 Å². The molecule has 73 heavy (non-hydrogen) atoms. The number of halogens is 8. The fraction of sp³-hybridized carbons (Fsp3) is 0.404. The molecule has 4 amide bonds. The third-order valence-corrected chi connectivity index (χ3v) is 16.2. The predicted octanol–water partition coefficient (Wildman–Crippen LogP) is 13.5. The Labute approximate surface area is 418 Å². The first kappa shape index (κ1) is 53.0. The van der Waals surface area contributed by atoms with E-state index < -0.39 is 92.0 Å². The number of nitrogens with zero attached hydrogens (tertiary/aromatic N) is 2. The van der Waals surface area contributed by atoms with Crippen molar-refractivity contribution in [1.82, 2.24) is 9.80 Å². The third kappa shape index (κ3) is 7.50. The quantitative estimate of drug-likeness (QED) is 0.0907. The lowest BCUT2D eigenvalue weighted by molar-refractivity contribution is -0.538. The van der Waals surface area contributed by atoms with Gasteiger partial charge in [0.2, 0.25) is 5.67 Å². The van der Waals surface area contributed by atoms with Gasteiger partial charge in [0.15, 0.2) is 0 Å². The Hall–Kier alpha value is -6.26. The van der Waals surface area contributed by atoms with E-state index in [4.69, 9.17) is 9.47 Å². The van der Waals surface area contributed by atoms with Gasteiger partial charge in [0, 0.05) is 5.54 Å². The van der Waals surface area contributed by atoms with E-state index in [0.717, 1.165) is 78.1 Å². The maximum absolute atomic E-state index is 17.2. The number of benzene rings is 3. The molecule has 0 spiro atoms. The van der Waals surface area contributed by atoms with Gasteiger partial charge in [0.25, 0.3) is 23.6 Å². The van der Waals surface area contributed by atoms with E-state index in [1.54, 1.807) is 32.9 Å². The molecule has 5 aliphatic rings. The highest BCUT2D eigenvalue weighted by Crippen LogP contribution is 2.70. The summed E-state index contributed by atoms with van der Waals surface area (Å²) >= 11 is 0. The molecule has 0 radical (unpaired) electrons. The molecule has 1 fully saturated rings. The SMILES string of the molecule is CCC(C)(CC)C1=CC=CC(C)(OC2(F)C(F)(F)C(C)(F)C2(F)OC2(C)C=CC=C(N3C(=O)c4ccc(C(c5ccccc5)(c5ccc6c(c5)C(=O)N(C(C)(CC)CC)C6=O)C(F)(F)F)cc4C3=O)C=C2)C=C1. The summed E-state index contributed by atoms with van der Waals surface area (Å²) in [4.78, 5) is 57.9. The highest BCUT2D eigenvalue weighted by molar-refractivity contribution is 6.23. The van der Waals surface area contributed by atoms with Gasteiger partial charge in [-0.2, -0.15) is 26.3 Å². The van der Waals surface area contributed by atoms with Crippen LogP contribution in [0.1, 0.15) is 146 Å². The third-order valence-electron chi connectivity index (χ3n) is 16.2. The van der Waals surface area contributed by atoms with Gasteiger partial charge in [0.1, 0.15) is 16.6 Å². The Morgan fingerprint density at radius 3 is 1.56 bits per heavy atom. The lowest BCUT2D eigenvalue weighted by atomic mass is 9.67. The van der Waals surface area contributed by atoms with E-state index >= 15 is 35.1 Å². The van der Waals surface area contributed by atoms with Crippen molar-refractivity contribution in [2.45, 2.75) is 140 Å². The van der Waals surface area contributed by atoms with Crippen LogP contribution < -0.4 is 0 Å². The molecule has 6 unspecified atom stereocenters. The second kappa shape index (κ2) is 17.4. The summed E-state index contributed by atoms with van der Waals surface area (Å²) in [7, 11) is 0. The number of ether oxygens (including phenoxy) is 2. The standard InChI is InChI=1S/C57H56F8N2O6/c1-10-48(5,11-2)35-21-17-29-50(7,31-27-35)73-56(62)54(59,60)52(9,58)55(56,61)72-51(8)30-18-22-39(28-32-51)66-44(68)40-25-23-37(33-42(40)45(66)69)53(57(63,64)65,36-19-15-14-16-20-36)38-24-26-41-43(34-38)47(71)67(46(41)70)49(6,12-3)13-4/h14-34H,10-13H2,1-9H3. The van der Waals surface area contributed by atoms with Crippen LogP contribution in [0.5, 0.6) is 0 Å². The molecule has 1 saturated carbocycles. The Kier molecular flexibility index (Phi) is 12.7. The molecule has 3 aliphatic carbocycles. The predicted molar refractivity (Wildman–Crippen MR) is 258 cm³/mol. The second-order valence-corrected chi connectivity index (χ2v) is 20.4. The summed E-state index contributed by atoms with van der Waals surface area (Å²) in [6.45, 7) is 13.7. The van der Waals surface area contributed by atoms with E-state index in [9.17, 15) is 19.2 Å². The molecule has 6 atom stereocenters. The van der Waals surface area contributed by atoms with Crippen LogP contribution in [0.3, 0.4) is 0 Å². The number of hydrogen-bond donors (Lipinski definition) is 0. The number of hydrogen-bond acceptors (Lipinski definition) is 6. The Balaban J connectivity index is 1.12. The monoisotopic (exact) mass is 1020 g/mol. The molecule has 0 N–H and O–H groups in total. The summed E-state index contributed by atoms with van der Waals surface area (Å²) in [5.41, 5.74) is -14.8. The van der Waals surface area contributed by atoms with Crippen molar-refractivity contribution in [2.24, 2.45) is 5.41 Å². The smallest absolute Gasteiger partial charge is 0.324 e. The van der Waals surface area contributed by atoms with Gasteiger partial charge in [-0.25, -0.2) is 13.7 Å². The first-order valence-corrected chi connectivity index (χ1v) is 24.2. The largest absolute Gasteiger partial charge is 0.406 e. The number of carbonyl (C=O) groups excluding carboxylic acids is 4. The van der Waals surface area contributed by atoms with E-state index in [-0.39, 0.29) is 40.3 Å². The minimum absolute atomic E-state index is 0.0720. The summed E-state index contributed by atoms with van der Waals surface area (Å²) in [6.07, 6.45) is 9.53. The van der Waals surface area contributed by atoms with Gasteiger partial charge in [-0.1, -0.05) is 101 Å². The van der Waals surface area contributed by atoms with Gasteiger partial charge in [-0.3, -0.25) is 24.1 Å². The molecular weight excluding hydrogens is 961 g/mol. The van der Waals surface area contributed by atoms with Crippen LogP contribution in [-0.2, 0) is 14.9 Å². The number of imide groups is 2. The molecule has 2 heterocycles. The normalized spacial score (nSPS) is 28.6. The van der Waals surface area contributed by atoms with E-state index in [1.165, 1.54) is 61.5 Å². The molecule has 0 saturated heterocycles. The van der Waals surface area contributed by atoms with Crippen molar-refractivity contribution in [3.63, 3.8) is 0 Å². The first-order chi connectivity index (χ1) is 34.0. The van der Waals surface area contributed by atoms with Crippen LogP contribution >= 0.6 is 0 Å². The number of allylic oxidation sites excluding steroid dienone is 7. The molecule has 3 aromatic rings. The topological polar surface area (TPSA) is 93.2 Å². The zero-order valence-corrected chi connectivity index (χ0v) is 41.8. The lowest BCUT2D eigenvalue weighted by Gasteiger charge is -2.61. The summed E-state index contributed by atoms with van der Waals surface area (Å²) in [5, 5.41) is 0. The van der Waals surface area contributed by atoms with Crippen molar-refractivity contribution in [1.29, 1.82) is 0 Å². The maximum Gasteiger partial charge on any atom is 0.406 e. The average molecular weight is 1020 g/mol. The minimum atomic E-state index is -5.19. The Bertz CT molecular complexity index is 3000. The Morgan fingerprint density at radius 2 is 1.03 bits per heavy atom. The molecule has 0 aromatic heterocycles. The number of alkyl halides is 8. The first-order valence-electron chi connectivity index (χ1n) is 24.2. The molecule has 8 rings (SSSR count). The van der Waals surface area contributed by atoms with Gasteiger partial charge < -0.3 is 9.47 Å². The van der Waals surface area contributed by atoms with E-state index in [2.05, 4.69) is 0 Å². The second-order valence-electron chi connectivity index (χ2n) is 20.4. The van der Waals surface area contributed by atoms with Crippen LogP contribution in [0.15, 0.2) is 139 Å². The van der Waals surface area contributed by atoms with Crippen LogP contribution in [0.2, 0.25) is 0 Å². The van der Waals surface area contributed by atoms with Crippen LogP contribution in [-0.4, -0.2) is 79.6 Å². The Morgan fingerprint density at radius 1 is 0.548 bits per heavy atom. The van der Waals surface area contributed by atoms with Crippen molar-refractivity contribution >= 4 is 23.6 Å². The highest BCUT2D eigenvalue weighted by atomic mass is 19.4. The minimum Gasteiger partial charge on any atom is -0.324 e. The van der Waals surface area contributed by atoms with Crippen molar-refractivity contribution in [3.05, 3.63) is 178 Å². The lowest BCUT2D eigenvalue weighted by Crippen LogP contribution is -2.89. The number of amides is 4. The van der Waals surface area contributed by atoms with Crippen LogP contribution in [0.25, 0.3) is 0 Å². The van der Waals surface area contributed by atoms with Gasteiger partial charge in [-0.05, 0) is 142 Å². The van der Waals surface area contributed by atoms with E-state index in [0.29, 0.717) is 30.6 Å². The molecule has 0 bridgehead atoms. The maximum atomic E-state index is 17.2. The number of fused-ring (bicyclic) bond motifs is 2. The molecule has 3 aromatic carbocycles. The summed E-state index contributed by atoms with van der Waals surface area (Å²) in [6, 6.07) is 13.1. The molecule has 16 heteroatoms. The highest BCUT2D eigenvalue weighted by Gasteiger charge is 2.98.